The summed E-state index contributed by atoms with van der Waals surface area (Å²) in [5.74, 6) is -0.324. The normalized spacial score (nSPS) is 16.3. The Kier molecular flexibility index (Phi) is 5.25. The van der Waals surface area contributed by atoms with Crippen LogP contribution in [-0.2, 0) is 9.47 Å². The molecule has 1 N–H and O–H groups in total. The van der Waals surface area contributed by atoms with Crippen LogP contribution in [0.15, 0.2) is 42.6 Å². The molecular weight excluding hydrogens is 324 g/mol. The van der Waals surface area contributed by atoms with E-state index in [2.05, 4.69) is 15.0 Å². The number of benzene rings is 1. The van der Waals surface area contributed by atoms with Crippen LogP contribution in [0.4, 0.5) is 5.69 Å². The minimum absolute atomic E-state index is 0.0309. The van der Waals surface area contributed by atoms with Crippen LogP contribution < -0.4 is 10.1 Å². The van der Waals surface area contributed by atoms with Crippen molar-refractivity contribution in [3.63, 3.8) is 0 Å². The zero-order valence-corrected chi connectivity index (χ0v) is 13.7. The molecule has 2 aromatic rings. The van der Waals surface area contributed by atoms with Gasteiger partial charge in [0, 0.05) is 29.9 Å². The monoisotopic (exact) mass is 342 g/mol. The molecule has 1 aliphatic heterocycles. The SMILES string of the molecule is COC(=O)c1ccc(NC(=O)c2ccnc(OC3CCOC3)c2)cc1. The van der Waals surface area contributed by atoms with Crippen LogP contribution in [-0.4, -0.2) is 43.3 Å². The number of nitrogens with one attached hydrogen (secondary N) is 1. The minimum atomic E-state index is -0.426. The zero-order valence-electron chi connectivity index (χ0n) is 13.7. The van der Waals surface area contributed by atoms with Crippen molar-refractivity contribution >= 4 is 17.6 Å². The molecule has 7 heteroatoms. The molecule has 1 aromatic carbocycles. The molecule has 0 aliphatic carbocycles. The maximum absolute atomic E-state index is 12.4. The van der Waals surface area contributed by atoms with Gasteiger partial charge in [-0.15, -0.1) is 0 Å². The molecule has 1 amide bonds. The Balaban J connectivity index is 1.65. The molecule has 1 saturated heterocycles. The first-order chi connectivity index (χ1) is 12.2. The van der Waals surface area contributed by atoms with Gasteiger partial charge in [0.2, 0.25) is 5.88 Å². The molecule has 1 fully saturated rings. The first-order valence-electron chi connectivity index (χ1n) is 7.86. The van der Waals surface area contributed by atoms with E-state index in [9.17, 15) is 9.59 Å². The fourth-order valence-electron chi connectivity index (χ4n) is 2.40. The van der Waals surface area contributed by atoms with Crippen molar-refractivity contribution in [1.29, 1.82) is 0 Å². The van der Waals surface area contributed by atoms with Crippen LogP contribution in [0.25, 0.3) is 0 Å². The Bertz CT molecular complexity index is 754. The van der Waals surface area contributed by atoms with Crippen LogP contribution in [0.2, 0.25) is 0 Å². The van der Waals surface area contributed by atoms with Crippen LogP contribution in [0.1, 0.15) is 27.1 Å². The number of nitrogens with zero attached hydrogens (tertiary/aromatic N) is 1. The summed E-state index contributed by atoms with van der Waals surface area (Å²) in [6.45, 7) is 1.21. The van der Waals surface area contributed by atoms with Gasteiger partial charge in [-0.05, 0) is 30.3 Å². The number of esters is 1. The van der Waals surface area contributed by atoms with Gasteiger partial charge < -0.3 is 19.5 Å². The maximum atomic E-state index is 12.4. The molecule has 1 aliphatic rings. The second-order valence-electron chi connectivity index (χ2n) is 5.51. The molecular formula is C18H18N2O5. The van der Waals surface area contributed by atoms with Gasteiger partial charge in [-0.1, -0.05) is 0 Å². The number of carbonyl (C=O) groups is 2. The molecule has 0 radical (unpaired) electrons. The Morgan fingerprint density at radius 2 is 2.00 bits per heavy atom. The van der Waals surface area contributed by atoms with Gasteiger partial charge in [-0.2, -0.15) is 0 Å². The summed E-state index contributed by atoms with van der Waals surface area (Å²) in [6.07, 6.45) is 2.31. The second-order valence-corrected chi connectivity index (χ2v) is 5.51. The summed E-state index contributed by atoms with van der Waals surface area (Å²) >= 11 is 0. The number of carbonyl (C=O) groups excluding carboxylic acids is 2. The lowest BCUT2D eigenvalue weighted by Crippen LogP contribution is -2.17. The molecule has 130 valence electrons. The molecule has 1 aromatic heterocycles. The fourth-order valence-corrected chi connectivity index (χ4v) is 2.40. The van der Waals surface area contributed by atoms with Crippen molar-refractivity contribution in [2.75, 3.05) is 25.6 Å². The zero-order chi connectivity index (χ0) is 17.6. The molecule has 1 atom stereocenters. The molecule has 7 nitrogen and oxygen atoms in total. The molecule has 2 heterocycles. The van der Waals surface area contributed by atoms with Gasteiger partial charge >= 0.3 is 5.97 Å². The van der Waals surface area contributed by atoms with E-state index >= 15 is 0 Å². The molecule has 0 spiro atoms. The van der Waals surface area contributed by atoms with Crippen molar-refractivity contribution in [3.8, 4) is 5.88 Å². The van der Waals surface area contributed by atoms with E-state index in [1.165, 1.54) is 13.3 Å². The number of methoxy groups -OCH3 is 1. The smallest absolute Gasteiger partial charge is 0.337 e. The van der Waals surface area contributed by atoms with Crippen molar-refractivity contribution in [1.82, 2.24) is 4.98 Å². The van der Waals surface area contributed by atoms with Gasteiger partial charge in [-0.25, -0.2) is 9.78 Å². The van der Waals surface area contributed by atoms with Gasteiger partial charge in [0.15, 0.2) is 0 Å². The highest BCUT2D eigenvalue weighted by molar-refractivity contribution is 6.04. The Labute approximate surface area is 144 Å². The summed E-state index contributed by atoms with van der Waals surface area (Å²) in [7, 11) is 1.32. The molecule has 0 bridgehead atoms. The predicted molar refractivity (Wildman–Crippen MR) is 89.8 cm³/mol. The average molecular weight is 342 g/mol. The largest absolute Gasteiger partial charge is 0.472 e. The van der Waals surface area contributed by atoms with E-state index in [1.807, 2.05) is 0 Å². The first kappa shape index (κ1) is 16.9. The molecule has 1 unspecified atom stereocenters. The van der Waals surface area contributed by atoms with Gasteiger partial charge in [-0.3, -0.25) is 4.79 Å². The standard InChI is InChI=1S/C18H18N2O5/c1-23-18(22)12-2-4-14(5-3-12)20-17(21)13-6-8-19-16(10-13)25-15-7-9-24-11-15/h2-6,8,10,15H,7,9,11H2,1H3,(H,20,21). The number of rotatable bonds is 5. The van der Waals surface area contributed by atoms with Gasteiger partial charge in [0.1, 0.15) is 6.10 Å². The summed E-state index contributed by atoms with van der Waals surface area (Å²) < 4.78 is 15.6. The van der Waals surface area contributed by atoms with E-state index in [-0.39, 0.29) is 12.0 Å². The lowest BCUT2D eigenvalue weighted by Gasteiger charge is -2.11. The van der Waals surface area contributed by atoms with Crippen LogP contribution in [0, 0.1) is 0 Å². The van der Waals surface area contributed by atoms with E-state index in [1.54, 1.807) is 36.4 Å². The topological polar surface area (TPSA) is 86.8 Å². The number of aromatic nitrogens is 1. The number of hydrogen-bond acceptors (Lipinski definition) is 6. The lowest BCUT2D eigenvalue weighted by molar-refractivity contribution is 0.0600. The number of pyridine rings is 1. The van der Waals surface area contributed by atoms with E-state index < -0.39 is 5.97 Å². The second kappa shape index (κ2) is 7.76. The first-order valence-corrected chi connectivity index (χ1v) is 7.86. The third kappa shape index (κ3) is 4.33. The lowest BCUT2D eigenvalue weighted by atomic mass is 10.2. The summed E-state index contributed by atoms with van der Waals surface area (Å²) in [5, 5.41) is 2.76. The molecule has 0 saturated carbocycles. The Hall–Kier alpha value is -2.93. The van der Waals surface area contributed by atoms with Crippen LogP contribution in [0.5, 0.6) is 5.88 Å². The summed E-state index contributed by atoms with van der Waals surface area (Å²) in [5.41, 5.74) is 1.42. The third-order valence-electron chi connectivity index (χ3n) is 3.74. The van der Waals surface area contributed by atoms with Crippen molar-refractivity contribution in [3.05, 3.63) is 53.7 Å². The van der Waals surface area contributed by atoms with Gasteiger partial charge in [0.05, 0.1) is 25.9 Å². The molecule has 3 rings (SSSR count). The van der Waals surface area contributed by atoms with E-state index in [0.717, 1.165) is 6.42 Å². The quantitative estimate of drug-likeness (QED) is 0.839. The predicted octanol–water partition coefficient (Wildman–Crippen LogP) is 2.29. The van der Waals surface area contributed by atoms with Crippen LogP contribution in [0.3, 0.4) is 0 Å². The van der Waals surface area contributed by atoms with Gasteiger partial charge in [0.25, 0.3) is 5.91 Å². The fraction of sp³-hybridized carbons (Fsp3) is 0.278. The highest BCUT2D eigenvalue weighted by Crippen LogP contribution is 2.17. The van der Waals surface area contributed by atoms with E-state index in [4.69, 9.17) is 9.47 Å². The Morgan fingerprint density at radius 3 is 2.68 bits per heavy atom. The van der Waals surface area contributed by atoms with E-state index in [0.29, 0.717) is 35.9 Å². The Morgan fingerprint density at radius 1 is 1.20 bits per heavy atom. The number of ether oxygens (including phenoxy) is 3. The third-order valence-corrected chi connectivity index (χ3v) is 3.74. The summed E-state index contributed by atoms with van der Waals surface area (Å²) in [4.78, 5) is 27.9. The number of anilines is 1. The number of hydrogen-bond donors (Lipinski definition) is 1. The highest BCUT2D eigenvalue weighted by atomic mass is 16.5. The maximum Gasteiger partial charge on any atom is 0.337 e. The average Bonchev–Trinajstić information content (AvgIpc) is 3.15. The minimum Gasteiger partial charge on any atom is -0.472 e. The van der Waals surface area contributed by atoms with Crippen LogP contribution >= 0.6 is 0 Å². The van der Waals surface area contributed by atoms with Crippen molar-refractivity contribution in [2.45, 2.75) is 12.5 Å². The summed E-state index contributed by atoms with van der Waals surface area (Å²) in [6, 6.07) is 9.65. The van der Waals surface area contributed by atoms with Crippen molar-refractivity contribution < 1.29 is 23.8 Å². The highest BCUT2D eigenvalue weighted by Gasteiger charge is 2.18. The number of amides is 1. The van der Waals surface area contributed by atoms with Crippen molar-refractivity contribution in [2.24, 2.45) is 0 Å². The molecule has 25 heavy (non-hydrogen) atoms.